The second-order valence-electron chi connectivity index (χ2n) is 5.54. The van der Waals surface area contributed by atoms with Crippen LogP contribution in [0.3, 0.4) is 0 Å². The molecule has 0 aliphatic carbocycles. The maximum absolute atomic E-state index is 11.7. The van der Waals surface area contributed by atoms with Crippen LogP contribution >= 0.6 is 0 Å². The van der Waals surface area contributed by atoms with E-state index >= 15 is 0 Å². The van der Waals surface area contributed by atoms with E-state index in [2.05, 4.69) is 18.7 Å². The van der Waals surface area contributed by atoms with Crippen LogP contribution in [0, 0.1) is 10.2 Å². The molecule has 0 saturated carbocycles. The highest BCUT2D eigenvalue weighted by Gasteiger charge is 2.42. The van der Waals surface area contributed by atoms with Crippen LogP contribution in [0.25, 0.3) is 0 Å². The Balaban J connectivity index is 1.99. The highest BCUT2D eigenvalue weighted by molar-refractivity contribution is 7.92. The van der Waals surface area contributed by atoms with Crippen LogP contribution in [0.1, 0.15) is 33.1 Å². The summed E-state index contributed by atoms with van der Waals surface area (Å²) in [5.74, 6) is 1.32. The summed E-state index contributed by atoms with van der Waals surface area (Å²) in [5.41, 5.74) is 0.268. The standard InChI is InChI=1S/C11H22N2OS/c1-10(2)13-6-3-11(4-7-13)5-8-15(12,14)9-11/h10,12H,3-9H2,1-2H3. The number of rotatable bonds is 1. The molecular formula is C11H22N2OS. The highest BCUT2D eigenvalue weighted by Crippen LogP contribution is 2.42. The largest absolute Gasteiger partial charge is 0.301 e. The molecule has 0 amide bonds. The Hall–Kier alpha value is -0.0900. The number of hydrogen-bond donors (Lipinski definition) is 1. The van der Waals surface area contributed by atoms with E-state index in [1.807, 2.05) is 0 Å². The first-order valence-electron chi connectivity index (χ1n) is 5.91. The average Bonchev–Trinajstić information content (AvgIpc) is 2.43. The molecule has 2 rings (SSSR count). The predicted molar refractivity (Wildman–Crippen MR) is 63.6 cm³/mol. The number of likely N-dealkylation sites (tertiary alicyclic amines) is 1. The van der Waals surface area contributed by atoms with Crippen LogP contribution in [0.5, 0.6) is 0 Å². The number of hydrogen-bond acceptors (Lipinski definition) is 3. The van der Waals surface area contributed by atoms with E-state index in [9.17, 15) is 4.21 Å². The Labute approximate surface area is 93.2 Å². The first kappa shape index (κ1) is 11.4. The van der Waals surface area contributed by atoms with Crippen LogP contribution in [-0.2, 0) is 9.73 Å². The Morgan fingerprint density at radius 2 is 1.87 bits per heavy atom. The Kier molecular flexibility index (Phi) is 2.84. The van der Waals surface area contributed by atoms with Crippen molar-refractivity contribution in [2.45, 2.75) is 39.2 Å². The molecule has 2 fully saturated rings. The maximum atomic E-state index is 11.7. The van der Waals surface area contributed by atoms with E-state index in [1.54, 1.807) is 0 Å². The fraction of sp³-hybridized carbons (Fsp3) is 1.00. The van der Waals surface area contributed by atoms with Crippen LogP contribution in [-0.4, -0.2) is 39.7 Å². The fourth-order valence-corrected chi connectivity index (χ4v) is 5.26. The zero-order chi connectivity index (χ0) is 11.1. The molecule has 0 radical (unpaired) electrons. The van der Waals surface area contributed by atoms with Gasteiger partial charge in [0.05, 0.1) is 0 Å². The van der Waals surface area contributed by atoms with Gasteiger partial charge in [-0.15, -0.1) is 0 Å². The lowest BCUT2D eigenvalue weighted by molar-refractivity contribution is 0.0996. The summed E-state index contributed by atoms with van der Waals surface area (Å²) in [5, 5.41) is 0. The maximum Gasteiger partial charge on any atom is 0.0447 e. The van der Waals surface area contributed by atoms with E-state index in [1.165, 1.54) is 0 Å². The summed E-state index contributed by atoms with van der Waals surface area (Å²) in [4.78, 5) is 2.50. The summed E-state index contributed by atoms with van der Waals surface area (Å²) >= 11 is 0. The topological polar surface area (TPSA) is 44.2 Å². The molecule has 0 aromatic heterocycles. The summed E-state index contributed by atoms with van der Waals surface area (Å²) < 4.78 is 19.4. The van der Waals surface area contributed by atoms with Crippen molar-refractivity contribution in [1.29, 1.82) is 4.78 Å². The molecule has 1 unspecified atom stereocenters. The van der Waals surface area contributed by atoms with Crippen molar-refractivity contribution in [3.05, 3.63) is 0 Å². The minimum absolute atomic E-state index is 0.268. The molecule has 1 spiro atoms. The zero-order valence-electron chi connectivity index (χ0n) is 9.79. The van der Waals surface area contributed by atoms with Crippen LogP contribution < -0.4 is 0 Å². The third kappa shape index (κ3) is 2.36. The van der Waals surface area contributed by atoms with Gasteiger partial charge in [-0.3, -0.25) is 4.78 Å². The lowest BCUT2D eigenvalue weighted by Crippen LogP contribution is -2.43. The zero-order valence-corrected chi connectivity index (χ0v) is 10.6. The molecule has 2 aliphatic rings. The normalized spacial score (nSPS) is 36.5. The molecule has 2 saturated heterocycles. The number of nitrogens with zero attached hydrogens (tertiary/aromatic N) is 1. The minimum atomic E-state index is -2.21. The Morgan fingerprint density at radius 3 is 2.27 bits per heavy atom. The van der Waals surface area contributed by atoms with Crippen molar-refractivity contribution in [3.8, 4) is 0 Å². The van der Waals surface area contributed by atoms with Gasteiger partial charge in [0.15, 0.2) is 0 Å². The molecule has 4 heteroatoms. The van der Waals surface area contributed by atoms with E-state index in [0.29, 0.717) is 17.5 Å². The van der Waals surface area contributed by atoms with Gasteiger partial charge < -0.3 is 4.90 Å². The first-order chi connectivity index (χ1) is 6.93. The molecular weight excluding hydrogens is 208 g/mol. The van der Waals surface area contributed by atoms with Crippen molar-refractivity contribution >= 4 is 9.73 Å². The van der Waals surface area contributed by atoms with Gasteiger partial charge in [-0.25, -0.2) is 4.21 Å². The van der Waals surface area contributed by atoms with Crippen molar-refractivity contribution < 1.29 is 4.21 Å². The molecule has 2 heterocycles. The van der Waals surface area contributed by atoms with Gasteiger partial charge in [-0.2, -0.15) is 0 Å². The smallest absolute Gasteiger partial charge is 0.0447 e. The highest BCUT2D eigenvalue weighted by atomic mass is 32.2. The van der Waals surface area contributed by atoms with Crippen LogP contribution in [0.15, 0.2) is 0 Å². The van der Waals surface area contributed by atoms with Gasteiger partial charge >= 0.3 is 0 Å². The van der Waals surface area contributed by atoms with Crippen LogP contribution in [0.2, 0.25) is 0 Å². The quantitative estimate of drug-likeness (QED) is 0.748. The molecule has 3 nitrogen and oxygen atoms in total. The predicted octanol–water partition coefficient (Wildman–Crippen LogP) is 1.93. The third-order valence-corrected chi connectivity index (χ3v) is 6.03. The van der Waals surface area contributed by atoms with E-state index in [-0.39, 0.29) is 5.41 Å². The molecule has 0 aromatic rings. The number of piperidine rings is 1. The third-order valence-electron chi connectivity index (χ3n) is 4.09. The van der Waals surface area contributed by atoms with Gasteiger partial charge in [0.1, 0.15) is 0 Å². The Bertz CT molecular complexity index is 326. The molecule has 88 valence electrons. The summed E-state index contributed by atoms with van der Waals surface area (Å²) in [6.45, 7) is 6.74. The molecule has 0 aromatic carbocycles. The van der Waals surface area contributed by atoms with Gasteiger partial charge in [-0.05, 0) is 51.6 Å². The SMILES string of the molecule is CC(C)N1CCC2(CC1)CCS(=N)(=O)C2. The average molecular weight is 230 g/mol. The summed E-state index contributed by atoms with van der Waals surface area (Å²) in [7, 11) is -2.21. The molecule has 2 aliphatic heterocycles. The molecule has 15 heavy (non-hydrogen) atoms. The van der Waals surface area contributed by atoms with Gasteiger partial charge in [-0.1, -0.05) is 0 Å². The second kappa shape index (κ2) is 3.74. The van der Waals surface area contributed by atoms with Crippen molar-refractivity contribution in [2.24, 2.45) is 5.41 Å². The van der Waals surface area contributed by atoms with Crippen molar-refractivity contribution in [2.75, 3.05) is 24.6 Å². The van der Waals surface area contributed by atoms with Gasteiger partial charge in [0.2, 0.25) is 0 Å². The Morgan fingerprint density at radius 1 is 1.27 bits per heavy atom. The first-order valence-corrected chi connectivity index (χ1v) is 7.80. The summed E-state index contributed by atoms with van der Waals surface area (Å²) in [6, 6.07) is 0.629. The van der Waals surface area contributed by atoms with Crippen molar-refractivity contribution in [1.82, 2.24) is 4.90 Å². The van der Waals surface area contributed by atoms with E-state index in [4.69, 9.17) is 4.78 Å². The lowest BCUT2D eigenvalue weighted by Gasteiger charge is -2.40. The molecule has 0 bridgehead atoms. The van der Waals surface area contributed by atoms with Crippen molar-refractivity contribution in [3.63, 3.8) is 0 Å². The van der Waals surface area contributed by atoms with Crippen LogP contribution in [0.4, 0.5) is 0 Å². The molecule has 1 atom stereocenters. The van der Waals surface area contributed by atoms with Gasteiger partial charge in [0, 0.05) is 27.3 Å². The monoisotopic (exact) mass is 230 g/mol. The number of nitrogens with one attached hydrogen (secondary N) is 1. The van der Waals surface area contributed by atoms with E-state index in [0.717, 1.165) is 32.4 Å². The van der Waals surface area contributed by atoms with Gasteiger partial charge in [0.25, 0.3) is 0 Å². The second-order valence-corrected chi connectivity index (χ2v) is 7.86. The summed E-state index contributed by atoms with van der Waals surface area (Å²) in [6.07, 6.45) is 3.34. The molecule has 1 N–H and O–H groups in total. The van der Waals surface area contributed by atoms with E-state index < -0.39 is 9.73 Å². The fourth-order valence-electron chi connectivity index (χ4n) is 2.93. The minimum Gasteiger partial charge on any atom is -0.301 e. The lowest BCUT2D eigenvalue weighted by atomic mass is 9.78.